The van der Waals surface area contributed by atoms with Gasteiger partial charge >= 0.3 is 0 Å². The van der Waals surface area contributed by atoms with Crippen LogP contribution in [0.25, 0.3) is 0 Å². The second-order valence-corrected chi connectivity index (χ2v) is 3.66. The first kappa shape index (κ1) is 7.80. The molecular weight excluding hydrogens is 150 g/mol. The van der Waals surface area contributed by atoms with E-state index in [0.717, 1.165) is 6.42 Å². The largest absolute Gasteiger partial charge is 0.328 e. The van der Waals surface area contributed by atoms with Gasteiger partial charge in [0, 0.05) is 18.2 Å². The molecule has 0 saturated carbocycles. The molecule has 3 nitrogen and oxygen atoms in total. The van der Waals surface area contributed by atoms with Crippen molar-refractivity contribution in [3.8, 4) is 0 Å². The minimum absolute atomic E-state index is 0.220. The molecule has 1 atom stereocenters. The van der Waals surface area contributed by atoms with Gasteiger partial charge in [-0.3, -0.25) is 5.10 Å². The Bertz CT molecular complexity index is 275. The van der Waals surface area contributed by atoms with Gasteiger partial charge in [-0.05, 0) is 31.7 Å². The van der Waals surface area contributed by atoms with Crippen molar-refractivity contribution in [1.29, 1.82) is 0 Å². The van der Waals surface area contributed by atoms with Gasteiger partial charge in [-0.25, -0.2) is 0 Å². The summed E-state index contributed by atoms with van der Waals surface area (Å²) in [5, 5.41) is 7.36. The van der Waals surface area contributed by atoms with Gasteiger partial charge in [-0.2, -0.15) is 5.10 Å². The molecule has 3 N–H and O–H groups in total. The average Bonchev–Trinajstić information content (AvgIpc) is 2.52. The maximum absolute atomic E-state index is 5.72. The van der Waals surface area contributed by atoms with Gasteiger partial charge in [0.15, 0.2) is 0 Å². The molecule has 3 heteroatoms. The van der Waals surface area contributed by atoms with Gasteiger partial charge in [-0.1, -0.05) is 0 Å². The summed E-state index contributed by atoms with van der Waals surface area (Å²) < 4.78 is 0. The number of nitrogens with zero attached hydrogens (tertiary/aromatic N) is 1. The van der Waals surface area contributed by atoms with E-state index < -0.39 is 0 Å². The zero-order valence-corrected chi connectivity index (χ0v) is 7.43. The van der Waals surface area contributed by atoms with E-state index >= 15 is 0 Å². The van der Waals surface area contributed by atoms with E-state index in [0.29, 0.717) is 0 Å². The van der Waals surface area contributed by atoms with Gasteiger partial charge in [0.2, 0.25) is 0 Å². The third-order valence-corrected chi connectivity index (χ3v) is 2.41. The molecule has 1 aliphatic carbocycles. The molecule has 1 aliphatic rings. The highest BCUT2D eigenvalue weighted by Crippen LogP contribution is 2.23. The van der Waals surface area contributed by atoms with Crippen LogP contribution in [0.5, 0.6) is 0 Å². The van der Waals surface area contributed by atoms with Crippen molar-refractivity contribution in [3.63, 3.8) is 0 Å². The van der Waals surface area contributed by atoms with Crippen LogP contribution in [0.2, 0.25) is 0 Å². The van der Waals surface area contributed by atoms with Gasteiger partial charge in [0.05, 0.1) is 5.69 Å². The highest BCUT2D eigenvalue weighted by Gasteiger charge is 2.18. The van der Waals surface area contributed by atoms with E-state index in [1.165, 1.54) is 36.2 Å². The molecule has 1 heterocycles. The number of nitrogens with one attached hydrogen (secondary N) is 1. The lowest BCUT2D eigenvalue weighted by Gasteiger charge is -2.02. The predicted octanol–water partition coefficient (Wildman–Crippen LogP) is 0.788. The molecule has 0 amide bonds. The van der Waals surface area contributed by atoms with Crippen molar-refractivity contribution in [2.75, 3.05) is 0 Å². The van der Waals surface area contributed by atoms with Crippen LogP contribution < -0.4 is 5.73 Å². The van der Waals surface area contributed by atoms with Gasteiger partial charge in [0.1, 0.15) is 0 Å². The molecule has 1 unspecified atom stereocenters. The van der Waals surface area contributed by atoms with E-state index in [4.69, 9.17) is 5.73 Å². The highest BCUT2D eigenvalue weighted by molar-refractivity contribution is 5.29. The Hall–Kier alpha value is -0.830. The molecule has 0 saturated heterocycles. The monoisotopic (exact) mass is 165 g/mol. The topological polar surface area (TPSA) is 54.7 Å². The number of aryl methyl sites for hydroxylation is 1. The first-order valence-electron chi connectivity index (χ1n) is 4.58. The number of rotatable bonds is 2. The number of aromatic amines is 1. The summed E-state index contributed by atoms with van der Waals surface area (Å²) in [5.74, 6) is 0. The van der Waals surface area contributed by atoms with Crippen LogP contribution in [-0.2, 0) is 19.3 Å². The van der Waals surface area contributed by atoms with Crippen LogP contribution in [0.1, 0.15) is 30.3 Å². The van der Waals surface area contributed by atoms with Crippen LogP contribution in [0, 0.1) is 0 Å². The fraction of sp³-hybridized carbons (Fsp3) is 0.667. The Morgan fingerprint density at radius 2 is 2.42 bits per heavy atom. The van der Waals surface area contributed by atoms with Crippen LogP contribution in [0.15, 0.2) is 0 Å². The van der Waals surface area contributed by atoms with Crippen molar-refractivity contribution in [2.45, 2.75) is 38.6 Å². The lowest BCUT2D eigenvalue weighted by molar-refractivity contribution is 0.708. The first-order valence-corrected chi connectivity index (χ1v) is 4.58. The Balaban J connectivity index is 2.22. The standard InChI is InChI=1S/C9H15N3/c1-6(10)5-9-7-3-2-4-8(7)11-12-9/h6H,2-5,10H2,1H3,(H,11,12). The molecule has 1 aromatic rings. The van der Waals surface area contributed by atoms with Crippen molar-refractivity contribution in [1.82, 2.24) is 10.2 Å². The summed E-state index contributed by atoms with van der Waals surface area (Å²) in [5.41, 5.74) is 9.69. The van der Waals surface area contributed by atoms with Crippen molar-refractivity contribution >= 4 is 0 Å². The Morgan fingerprint density at radius 1 is 1.58 bits per heavy atom. The summed E-state index contributed by atoms with van der Waals surface area (Å²) >= 11 is 0. The van der Waals surface area contributed by atoms with E-state index in [2.05, 4.69) is 10.2 Å². The van der Waals surface area contributed by atoms with Gasteiger partial charge < -0.3 is 5.73 Å². The predicted molar refractivity (Wildman–Crippen MR) is 48.0 cm³/mol. The van der Waals surface area contributed by atoms with E-state index in [9.17, 15) is 0 Å². The fourth-order valence-electron chi connectivity index (χ4n) is 1.86. The number of H-pyrrole nitrogens is 1. The summed E-state index contributed by atoms with van der Waals surface area (Å²) in [7, 11) is 0. The Morgan fingerprint density at radius 3 is 3.17 bits per heavy atom. The molecule has 1 aromatic heterocycles. The second kappa shape index (κ2) is 2.90. The second-order valence-electron chi connectivity index (χ2n) is 3.66. The maximum Gasteiger partial charge on any atom is 0.0672 e. The molecule has 0 bridgehead atoms. The molecule has 0 aromatic carbocycles. The minimum atomic E-state index is 0.220. The fourth-order valence-corrected chi connectivity index (χ4v) is 1.86. The van der Waals surface area contributed by atoms with Crippen LogP contribution in [0.3, 0.4) is 0 Å². The highest BCUT2D eigenvalue weighted by atomic mass is 15.1. The van der Waals surface area contributed by atoms with E-state index in [1.54, 1.807) is 0 Å². The summed E-state index contributed by atoms with van der Waals surface area (Å²) in [6.45, 7) is 2.02. The molecule has 0 fully saturated rings. The molecule has 0 spiro atoms. The zero-order chi connectivity index (χ0) is 8.55. The third-order valence-electron chi connectivity index (χ3n) is 2.41. The smallest absolute Gasteiger partial charge is 0.0672 e. The lowest BCUT2D eigenvalue weighted by Crippen LogP contribution is -2.18. The molecule has 2 rings (SSSR count). The van der Waals surface area contributed by atoms with Crippen molar-refractivity contribution in [3.05, 3.63) is 17.0 Å². The molecule has 12 heavy (non-hydrogen) atoms. The first-order chi connectivity index (χ1) is 5.77. The molecule has 0 radical (unpaired) electrons. The number of fused-ring (bicyclic) bond motifs is 1. The summed E-state index contributed by atoms with van der Waals surface area (Å²) in [4.78, 5) is 0. The quantitative estimate of drug-likeness (QED) is 0.680. The summed E-state index contributed by atoms with van der Waals surface area (Å²) in [6, 6.07) is 0.220. The van der Waals surface area contributed by atoms with Crippen molar-refractivity contribution in [2.24, 2.45) is 5.73 Å². The zero-order valence-electron chi connectivity index (χ0n) is 7.43. The van der Waals surface area contributed by atoms with Crippen LogP contribution in [-0.4, -0.2) is 16.2 Å². The van der Waals surface area contributed by atoms with E-state index in [1.807, 2.05) is 6.92 Å². The number of aromatic nitrogens is 2. The van der Waals surface area contributed by atoms with Gasteiger partial charge in [-0.15, -0.1) is 0 Å². The van der Waals surface area contributed by atoms with Crippen LogP contribution in [0.4, 0.5) is 0 Å². The van der Waals surface area contributed by atoms with E-state index in [-0.39, 0.29) is 6.04 Å². The third kappa shape index (κ3) is 1.25. The number of nitrogens with two attached hydrogens (primary N) is 1. The Kier molecular flexibility index (Phi) is 1.89. The Labute approximate surface area is 72.4 Å². The molecular formula is C9H15N3. The number of hydrogen-bond donors (Lipinski definition) is 2. The molecule has 66 valence electrons. The molecule has 0 aliphatic heterocycles. The van der Waals surface area contributed by atoms with Crippen molar-refractivity contribution < 1.29 is 0 Å². The SMILES string of the molecule is CC(N)Cc1n[nH]c2c1CCC2. The number of hydrogen-bond acceptors (Lipinski definition) is 2. The normalized spacial score (nSPS) is 17.8. The average molecular weight is 165 g/mol. The summed E-state index contributed by atoms with van der Waals surface area (Å²) in [6.07, 6.45) is 4.54. The maximum atomic E-state index is 5.72. The lowest BCUT2D eigenvalue weighted by atomic mass is 10.1. The minimum Gasteiger partial charge on any atom is -0.328 e. The van der Waals surface area contributed by atoms with Crippen LogP contribution >= 0.6 is 0 Å². The van der Waals surface area contributed by atoms with Gasteiger partial charge in [0.25, 0.3) is 0 Å².